The topological polar surface area (TPSA) is 64.6 Å². The Morgan fingerprint density at radius 3 is 2.62 bits per heavy atom. The summed E-state index contributed by atoms with van der Waals surface area (Å²) in [5, 5.41) is 2.54. The van der Waals surface area contributed by atoms with Crippen LogP contribution in [0.3, 0.4) is 0 Å². The highest BCUT2D eigenvalue weighted by atomic mass is 16.5. The van der Waals surface area contributed by atoms with Crippen LogP contribution in [0.25, 0.3) is 0 Å². The molecule has 0 bridgehead atoms. The fraction of sp³-hybridized carbons (Fsp3) is 0.263. The Bertz CT molecular complexity index is 740. The van der Waals surface area contributed by atoms with Gasteiger partial charge < -0.3 is 14.8 Å². The van der Waals surface area contributed by atoms with Gasteiger partial charge in [-0.3, -0.25) is 9.59 Å². The summed E-state index contributed by atoms with van der Waals surface area (Å²) in [6, 6.07) is 12.7. The molecule has 1 N–H and O–H groups in total. The second-order valence-corrected chi connectivity index (χ2v) is 5.51. The van der Waals surface area contributed by atoms with Gasteiger partial charge in [0, 0.05) is 5.56 Å². The minimum absolute atomic E-state index is 0.180. The van der Waals surface area contributed by atoms with E-state index in [0.717, 1.165) is 16.7 Å². The molecule has 126 valence electrons. The molecule has 0 unspecified atom stereocenters. The average Bonchev–Trinajstić information content (AvgIpc) is 2.60. The summed E-state index contributed by atoms with van der Waals surface area (Å²) < 4.78 is 10.3. The molecular formula is C19H21NO4. The van der Waals surface area contributed by atoms with Crippen LogP contribution in [0, 0.1) is 13.8 Å². The normalized spacial score (nSPS) is 10.1. The highest BCUT2D eigenvalue weighted by Crippen LogP contribution is 2.13. The number of esters is 1. The van der Waals surface area contributed by atoms with E-state index in [-0.39, 0.29) is 19.1 Å². The maximum absolute atomic E-state index is 12.0. The Balaban J connectivity index is 1.84. The van der Waals surface area contributed by atoms with E-state index in [4.69, 9.17) is 9.47 Å². The zero-order valence-electron chi connectivity index (χ0n) is 14.1. The van der Waals surface area contributed by atoms with Gasteiger partial charge in [-0.05, 0) is 43.2 Å². The monoisotopic (exact) mass is 327 g/mol. The van der Waals surface area contributed by atoms with Crippen molar-refractivity contribution < 1.29 is 19.1 Å². The van der Waals surface area contributed by atoms with Crippen molar-refractivity contribution in [2.75, 3.05) is 13.7 Å². The Labute approximate surface area is 141 Å². The van der Waals surface area contributed by atoms with Crippen molar-refractivity contribution in [3.8, 4) is 5.75 Å². The number of amides is 1. The number of nitrogens with one attached hydrogen (secondary N) is 1. The zero-order valence-corrected chi connectivity index (χ0v) is 14.1. The van der Waals surface area contributed by atoms with E-state index in [1.165, 1.54) is 7.11 Å². The average molecular weight is 327 g/mol. The van der Waals surface area contributed by atoms with Gasteiger partial charge in [-0.1, -0.05) is 29.8 Å². The van der Waals surface area contributed by atoms with Gasteiger partial charge in [0.25, 0.3) is 5.91 Å². The molecule has 5 heteroatoms. The largest absolute Gasteiger partial charge is 0.497 e. The van der Waals surface area contributed by atoms with E-state index in [0.29, 0.717) is 11.3 Å². The molecule has 0 heterocycles. The molecule has 0 saturated heterocycles. The number of aryl methyl sites for hydroxylation is 2. The quantitative estimate of drug-likeness (QED) is 0.829. The molecule has 0 aliphatic rings. The Morgan fingerprint density at radius 2 is 1.88 bits per heavy atom. The van der Waals surface area contributed by atoms with E-state index >= 15 is 0 Å². The molecule has 0 spiro atoms. The Morgan fingerprint density at radius 1 is 1.08 bits per heavy atom. The zero-order chi connectivity index (χ0) is 17.5. The van der Waals surface area contributed by atoms with Gasteiger partial charge >= 0.3 is 5.97 Å². The molecule has 0 atom stereocenters. The third-order valence-corrected chi connectivity index (χ3v) is 3.62. The van der Waals surface area contributed by atoms with Gasteiger partial charge in [0.1, 0.15) is 18.9 Å². The summed E-state index contributed by atoms with van der Waals surface area (Å²) in [5.74, 6) is -0.245. The summed E-state index contributed by atoms with van der Waals surface area (Å²) in [6.45, 7) is 3.97. The van der Waals surface area contributed by atoms with Gasteiger partial charge in [0.2, 0.25) is 0 Å². The summed E-state index contributed by atoms with van der Waals surface area (Å²) in [5.41, 5.74) is 3.56. The first-order valence-electron chi connectivity index (χ1n) is 7.63. The molecule has 1 amide bonds. The summed E-state index contributed by atoms with van der Waals surface area (Å²) in [7, 11) is 1.53. The van der Waals surface area contributed by atoms with E-state index in [9.17, 15) is 9.59 Å². The lowest BCUT2D eigenvalue weighted by Gasteiger charge is -2.09. The molecule has 0 aliphatic heterocycles. The predicted octanol–water partition coefficient (Wildman–Crippen LogP) is 2.79. The lowest BCUT2D eigenvalue weighted by atomic mass is 10.1. The van der Waals surface area contributed by atoms with Crippen LogP contribution in [0.5, 0.6) is 5.75 Å². The van der Waals surface area contributed by atoms with Crippen LogP contribution < -0.4 is 10.1 Å². The summed E-state index contributed by atoms with van der Waals surface area (Å²) >= 11 is 0. The van der Waals surface area contributed by atoms with E-state index in [1.807, 2.05) is 32.0 Å². The van der Waals surface area contributed by atoms with E-state index < -0.39 is 5.97 Å². The number of ether oxygens (including phenoxy) is 2. The van der Waals surface area contributed by atoms with Crippen molar-refractivity contribution >= 4 is 11.9 Å². The highest BCUT2D eigenvalue weighted by Gasteiger charge is 2.10. The molecule has 0 aromatic heterocycles. The van der Waals surface area contributed by atoms with Crippen molar-refractivity contribution in [1.82, 2.24) is 5.32 Å². The molecule has 5 nitrogen and oxygen atoms in total. The SMILES string of the molecule is COc1cccc(C(=O)NCC(=O)OCc2cc(C)ccc2C)c1. The van der Waals surface area contributed by atoms with Crippen molar-refractivity contribution in [3.05, 3.63) is 64.7 Å². The van der Waals surface area contributed by atoms with Crippen molar-refractivity contribution in [2.45, 2.75) is 20.5 Å². The Kier molecular flexibility index (Phi) is 5.95. The lowest BCUT2D eigenvalue weighted by molar-refractivity contribution is -0.143. The van der Waals surface area contributed by atoms with Gasteiger partial charge in [0.05, 0.1) is 7.11 Å². The molecule has 0 radical (unpaired) electrons. The minimum atomic E-state index is -0.479. The molecule has 0 fully saturated rings. The van der Waals surface area contributed by atoms with Crippen LogP contribution in [0.15, 0.2) is 42.5 Å². The summed E-state index contributed by atoms with van der Waals surface area (Å²) in [6.07, 6.45) is 0. The smallest absolute Gasteiger partial charge is 0.325 e. The number of hydrogen-bond donors (Lipinski definition) is 1. The fourth-order valence-electron chi connectivity index (χ4n) is 2.18. The number of carbonyl (C=O) groups excluding carboxylic acids is 2. The number of benzene rings is 2. The molecule has 0 saturated carbocycles. The highest BCUT2D eigenvalue weighted by molar-refractivity contribution is 5.96. The van der Waals surface area contributed by atoms with Crippen LogP contribution in [0.4, 0.5) is 0 Å². The Hall–Kier alpha value is -2.82. The predicted molar refractivity (Wildman–Crippen MR) is 91.0 cm³/mol. The first kappa shape index (κ1) is 17.5. The van der Waals surface area contributed by atoms with Crippen LogP contribution >= 0.6 is 0 Å². The maximum atomic E-state index is 12.0. The van der Waals surface area contributed by atoms with Gasteiger partial charge in [-0.2, -0.15) is 0 Å². The van der Waals surface area contributed by atoms with Crippen LogP contribution in [-0.2, 0) is 16.1 Å². The van der Waals surface area contributed by atoms with Crippen LogP contribution in [0.2, 0.25) is 0 Å². The lowest BCUT2D eigenvalue weighted by Crippen LogP contribution is -2.30. The molecule has 2 aromatic rings. The standard InChI is InChI=1S/C19H21NO4/c1-13-7-8-14(2)16(9-13)12-24-18(21)11-20-19(22)15-5-4-6-17(10-15)23-3/h4-10H,11-12H2,1-3H3,(H,20,22). The molecule has 2 aromatic carbocycles. The first-order chi connectivity index (χ1) is 11.5. The van der Waals surface area contributed by atoms with Gasteiger partial charge in [-0.25, -0.2) is 0 Å². The molecule has 2 rings (SSSR count). The van der Waals surface area contributed by atoms with Crippen molar-refractivity contribution in [3.63, 3.8) is 0 Å². The summed E-state index contributed by atoms with van der Waals surface area (Å²) in [4.78, 5) is 23.8. The number of rotatable bonds is 6. The second-order valence-electron chi connectivity index (χ2n) is 5.51. The third-order valence-electron chi connectivity index (χ3n) is 3.62. The van der Waals surface area contributed by atoms with Gasteiger partial charge in [-0.15, -0.1) is 0 Å². The fourth-order valence-corrected chi connectivity index (χ4v) is 2.18. The maximum Gasteiger partial charge on any atom is 0.325 e. The molecule has 0 aliphatic carbocycles. The third kappa shape index (κ3) is 4.84. The van der Waals surface area contributed by atoms with Crippen molar-refractivity contribution in [2.24, 2.45) is 0 Å². The number of methoxy groups -OCH3 is 1. The van der Waals surface area contributed by atoms with Crippen molar-refractivity contribution in [1.29, 1.82) is 0 Å². The minimum Gasteiger partial charge on any atom is -0.497 e. The van der Waals surface area contributed by atoms with Crippen LogP contribution in [-0.4, -0.2) is 25.5 Å². The van der Waals surface area contributed by atoms with E-state index in [2.05, 4.69) is 5.32 Å². The molecule has 24 heavy (non-hydrogen) atoms. The second kappa shape index (κ2) is 8.15. The number of hydrogen-bond acceptors (Lipinski definition) is 4. The first-order valence-corrected chi connectivity index (χ1v) is 7.63. The van der Waals surface area contributed by atoms with Gasteiger partial charge in [0.15, 0.2) is 0 Å². The molecular weight excluding hydrogens is 306 g/mol. The van der Waals surface area contributed by atoms with E-state index in [1.54, 1.807) is 24.3 Å². The number of carbonyl (C=O) groups is 2. The van der Waals surface area contributed by atoms with Crippen LogP contribution in [0.1, 0.15) is 27.0 Å².